The SMILES string of the molecule is [CH2-][NH+]1CC[C@H](C(N)=O)C1. The van der Waals surface area contributed by atoms with Crippen molar-refractivity contribution in [2.24, 2.45) is 11.7 Å². The van der Waals surface area contributed by atoms with Gasteiger partial charge < -0.3 is 10.6 Å². The normalized spacial score (nSPS) is 34.8. The maximum Gasteiger partial charge on any atom is 0.226 e. The maximum atomic E-state index is 10.5. The summed E-state index contributed by atoms with van der Waals surface area (Å²) < 4.78 is 0. The molecule has 9 heavy (non-hydrogen) atoms. The standard InChI is InChI=1S/C6H12N2O/c1-8-3-2-5(4-8)6(7)9/h5,8H,1-4H2,(H2,7,9)/t5-/m0/s1. The van der Waals surface area contributed by atoms with Gasteiger partial charge in [0, 0.05) is 6.42 Å². The first kappa shape index (κ1) is 6.55. The van der Waals surface area contributed by atoms with Crippen molar-refractivity contribution in [2.45, 2.75) is 6.42 Å². The van der Waals surface area contributed by atoms with Crippen molar-refractivity contribution < 1.29 is 9.69 Å². The molecule has 52 valence electrons. The summed E-state index contributed by atoms with van der Waals surface area (Å²) >= 11 is 0. The third-order valence-electron chi connectivity index (χ3n) is 1.78. The number of likely N-dealkylation sites (tertiary alicyclic amines) is 1. The molecule has 1 aliphatic rings. The van der Waals surface area contributed by atoms with Gasteiger partial charge in [-0.05, 0) is 0 Å². The van der Waals surface area contributed by atoms with Crippen molar-refractivity contribution in [3.05, 3.63) is 7.05 Å². The molecule has 1 rings (SSSR count). The molecule has 1 unspecified atom stereocenters. The second-order valence-electron chi connectivity index (χ2n) is 2.59. The van der Waals surface area contributed by atoms with E-state index in [-0.39, 0.29) is 11.8 Å². The molecule has 0 bridgehead atoms. The summed E-state index contributed by atoms with van der Waals surface area (Å²) in [7, 11) is 3.78. The highest BCUT2D eigenvalue weighted by Gasteiger charge is 2.24. The summed E-state index contributed by atoms with van der Waals surface area (Å²) in [6, 6.07) is 0. The third-order valence-corrected chi connectivity index (χ3v) is 1.78. The average molecular weight is 128 g/mol. The van der Waals surface area contributed by atoms with Crippen LogP contribution in [0, 0.1) is 13.0 Å². The van der Waals surface area contributed by atoms with Gasteiger partial charge in [0.2, 0.25) is 5.91 Å². The van der Waals surface area contributed by atoms with E-state index in [2.05, 4.69) is 7.05 Å². The Kier molecular flexibility index (Phi) is 1.71. The van der Waals surface area contributed by atoms with E-state index in [0.29, 0.717) is 0 Å². The largest absolute Gasteiger partial charge is 0.467 e. The summed E-state index contributed by atoms with van der Waals surface area (Å²) in [5, 5.41) is 0. The van der Waals surface area contributed by atoms with Crippen molar-refractivity contribution in [3.8, 4) is 0 Å². The van der Waals surface area contributed by atoms with Crippen LogP contribution >= 0.6 is 0 Å². The molecule has 1 fully saturated rings. The number of quaternary nitrogens is 1. The van der Waals surface area contributed by atoms with E-state index in [1.807, 2.05) is 0 Å². The number of hydrogen-bond donors (Lipinski definition) is 2. The van der Waals surface area contributed by atoms with Crippen molar-refractivity contribution in [1.29, 1.82) is 0 Å². The summed E-state index contributed by atoms with van der Waals surface area (Å²) in [4.78, 5) is 11.7. The molecule has 0 aromatic carbocycles. The predicted octanol–water partition coefficient (Wildman–Crippen LogP) is -1.83. The molecule has 1 amide bonds. The van der Waals surface area contributed by atoms with Crippen molar-refractivity contribution in [3.63, 3.8) is 0 Å². The lowest BCUT2D eigenvalue weighted by Gasteiger charge is -2.10. The highest BCUT2D eigenvalue weighted by molar-refractivity contribution is 5.76. The Labute approximate surface area is 54.8 Å². The molecule has 0 saturated carbocycles. The van der Waals surface area contributed by atoms with Crippen LogP contribution in [-0.2, 0) is 4.79 Å². The van der Waals surface area contributed by atoms with E-state index < -0.39 is 0 Å². The lowest BCUT2D eigenvalue weighted by Crippen LogP contribution is -3.04. The molecule has 0 spiro atoms. The van der Waals surface area contributed by atoms with Crippen LogP contribution < -0.4 is 10.6 Å². The predicted molar refractivity (Wildman–Crippen MR) is 33.4 cm³/mol. The van der Waals surface area contributed by atoms with Gasteiger partial charge in [-0.15, -0.1) is 0 Å². The molecule has 3 N–H and O–H groups in total. The minimum atomic E-state index is -0.173. The smallest absolute Gasteiger partial charge is 0.226 e. The molecule has 1 aliphatic heterocycles. The molecule has 2 atom stereocenters. The minimum absolute atomic E-state index is 0.0810. The summed E-state index contributed by atoms with van der Waals surface area (Å²) in [6.07, 6.45) is 0.911. The number of nitrogens with two attached hydrogens (primary N) is 1. The maximum absolute atomic E-state index is 10.5. The van der Waals surface area contributed by atoms with Crippen molar-refractivity contribution in [2.75, 3.05) is 13.1 Å². The van der Waals surface area contributed by atoms with E-state index in [1.54, 1.807) is 0 Å². The molecule has 0 radical (unpaired) electrons. The van der Waals surface area contributed by atoms with Gasteiger partial charge in [-0.2, -0.15) is 7.05 Å². The molecular weight excluding hydrogens is 116 g/mol. The molecule has 3 nitrogen and oxygen atoms in total. The molecule has 3 heteroatoms. The number of amides is 1. The summed E-state index contributed by atoms with van der Waals surface area (Å²) in [5.74, 6) is -0.0915. The van der Waals surface area contributed by atoms with Crippen molar-refractivity contribution >= 4 is 5.91 Å². The van der Waals surface area contributed by atoms with Crippen LogP contribution in [0.25, 0.3) is 0 Å². The number of rotatable bonds is 1. The molecule has 0 aliphatic carbocycles. The zero-order chi connectivity index (χ0) is 6.85. The van der Waals surface area contributed by atoms with Gasteiger partial charge in [0.05, 0.1) is 19.0 Å². The second kappa shape index (κ2) is 2.35. The van der Waals surface area contributed by atoms with Gasteiger partial charge in [-0.1, -0.05) is 0 Å². The first-order valence-corrected chi connectivity index (χ1v) is 3.16. The Balaban J connectivity index is 2.39. The monoisotopic (exact) mass is 128 g/mol. The van der Waals surface area contributed by atoms with Gasteiger partial charge in [0.15, 0.2) is 0 Å². The Morgan fingerprint density at radius 1 is 1.78 bits per heavy atom. The van der Waals surface area contributed by atoms with Crippen molar-refractivity contribution in [1.82, 2.24) is 0 Å². The number of nitrogens with one attached hydrogen (secondary N) is 1. The number of carbonyl (C=O) groups is 1. The van der Waals surface area contributed by atoms with Crippen LogP contribution in [0.3, 0.4) is 0 Å². The number of carbonyl (C=O) groups excluding carboxylic acids is 1. The molecule has 1 saturated heterocycles. The van der Waals surface area contributed by atoms with Gasteiger partial charge in [-0.25, -0.2) is 0 Å². The van der Waals surface area contributed by atoms with E-state index in [1.165, 1.54) is 4.90 Å². The van der Waals surface area contributed by atoms with Gasteiger partial charge in [-0.3, -0.25) is 4.79 Å². The number of primary amides is 1. The van der Waals surface area contributed by atoms with E-state index >= 15 is 0 Å². The third kappa shape index (κ3) is 1.42. The first-order chi connectivity index (χ1) is 4.20. The van der Waals surface area contributed by atoms with Crippen LogP contribution in [0.4, 0.5) is 0 Å². The Morgan fingerprint density at radius 3 is 2.67 bits per heavy atom. The van der Waals surface area contributed by atoms with Crippen LogP contribution in [0.1, 0.15) is 6.42 Å². The molecule has 1 heterocycles. The Morgan fingerprint density at radius 2 is 2.44 bits per heavy atom. The molecule has 0 aromatic heterocycles. The van der Waals surface area contributed by atoms with Gasteiger partial charge >= 0.3 is 0 Å². The minimum Gasteiger partial charge on any atom is -0.467 e. The molecular formula is C6H12N2O. The highest BCUT2D eigenvalue weighted by Crippen LogP contribution is 2.01. The fourth-order valence-electron chi connectivity index (χ4n) is 1.17. The quantitative estimate of drug-likeness (QED) is 0.401. The zero-order valence-corrected chi connectivity index (χ0v) is 5.39. The van der Waals surface area contributed by atoms with Crippen LogP contribution in [-0.4, -0.2) is 19.0 Å². The first-order valence-electron chi connectivity index (χ1n) is 3.16. The fourth-order valence-corrected chi connectivity index (χ4v) is 1.17. The van der Waals surface area contributed by atoms with Gasteiger partial charge in [0.25, 0.3) is 0 Å². The van der Waals surface area contributed by atoms with E-state index in [0.717, 1.165) is 19.5 Å². The van der Waals surface area contributed by atoms with E-state index in [4.69, 9.17) is 5.73 Å². The Bertz CT molecular complexity index is 124. The fraction of sp³-hybridized carbons (Fsp3) is 0.667. The summed E-state index contributed by atoms with van der Waals surface area (Å²) in [5.41, 5.74) is 5.08. The van der Waals surface area contributed by atoms with Gasteiger partial charge in [0.1, 0.15) is 0 Å². The highest BCUT2D eigenvalue weighted by atomic mass is 16.1. The van der Waals surface area contributed by atoms with Crippen LogP contribution in [0.15, 0.2) is 0 Å². The average Bonchev–Trinajstić information content (AvgIpc) is 2.14. The number of hydrogen-bond acceptors (Lipinski definition) is 1. The van der Waals surface area contributed by atoms with Crippen LogP contribution in [0.2, 0.25) is 0 Å². The lowest BCUT2D eigenvalue weighted by atomic mass is 10.1. The lowest BCUT2D eigenvalue weighted by molar-refractivity contribution is -0.840. The second-order valence-corrected chi connectivity index (χ2v) is 2.59. The van der Waals surface area contributed by atoms with E-state index in [9.17, 15) is 4.79 Å². The zero-order valence-electron chi connectivity index (χ0n) is 5.39. The molecule has 0 aromatic rings. The topological polar surface area (TPSA) is 47.5 Å². The Hall–Kier alpha value is -0.570. The summed E-state index contributed by atoms with van der Waals surface area (Å²) in [6.45, 7) is 1.79. The van der Waals surface area contributed by atoms with Crippen LogP contribution in [0.5, 0.6) is 0 Å².